The van der Waals surface area contributed by atoms with Crippen LogP contribution in [0.15, 0.2) is 24.0 Å². The maximum absolute atomic E-state index is 11.8. The fraction of sp³-hybridized carbons (Fsp3) is 0.200. The summed E-state index contributed by atoms with van der Waals surface area (Å²) < 4.78 is 0. The number of thiazole rings is 1. The van der Waals surface area contributed by atoms with E-state index in [9.17, 15) is 4.79 Å². The minimum atomic E-state index is -0.295. The largest absolute Gasteiger partial charge is 0.342 e. The van der Waals surface area contributed by atoms with Gasteiger partial charge in [0.25, 0.3) is 5.91 Å². The minimum absolute atomic E-state index is 0.153. The number of hydrogen-bond donors (Lipinski definition) is 1. The van der Waals surface area contributed by atoms with Crippen molar-refractivity contribution in [1.29, 1.82) is 0 Å². The molecule has 7 heteroatoms. The second kappa shape index (κ2) is 5.20. The highest BCUT2D eigenvalue weighted by Gasteiger charge is 2.14. The van der Waals surface area contributed by atoms with Crippen LogP contribution in [0.25, 0.3) is 0 Å². The highest BCUT2D eigenvalue weighted by molar-refractivity contribution is 7.09. The molecule has 5 nitrogen and oxygen atoms in total. The van der Waals surface area contributed by atoms with Crippen LogP contribution < -0.4 is 5.32 Å². The van der Waals surface area contributed by atoms with Gasteiger partial charge in [0.05, 0.1) is 18.4 Å². The van der Waals surface area contributed by atoms with E-state index >= 15 is 0 Å². The van der Waals surface area contributed by atoms with E-state index in [4.69, 9.17) is 11.6 Å². The van der Waals surface area contributed by atoms with Crippen molar-refractivity contribution < 1.29 is 4.79 Å². The molecule has 2 aromatic rings. The third-order valence-corrected chi connectivity index (χ3v) is 3.18. The van der Waals surface area contributed by atoms with Crippen molar-refractivity contribution in [2.75, 3.05) is 0 Å². The molecule has 0 bridgehead atoms. The lowest BCUT2D eigenvalue weighted by Gasteiger charge is -2.10. The van der Waals surface area contributed by atoms with E-state index in [1.165, 1.54) is 23.7 Å². The molecular weight excluding hydrogens is 260 g/mol. The summed E-state index contributed by atoms with van der Waals surface area (Å²) >= 11 is 7.08. The summed E-state index contributed by atoms with van der Waals surface area (Å²) in [6.07, 6.45) is 4.38. The topological polar surface area (TPSA) is 67.8 Å². The number of nitrogens with one attached hydrogen (secondary N) is 1. The molecule has 1 unspecified atom stereocenters. The van der Waals surface area contributed by atoms with Crippen LogP contribution in [0.1, 0.15) is 28.5 Å². The number of carbonyl (C=O) groups is 1. The maximum atomic E-state index is 11.8. The number of hydrogen-bond acceptors (Lipinski definition) is 5. The predicted octanol–water partition coefficient (Wildman–Crippen LogP) is 2.08. The van der Waals surface area contributed by atoms with E-state index in [1.54, 1.807) is 6.20 Å². The molecule has 17 heavy (non-hydrogen) atoms. The van der Waals surface area contributed by atoms with Crippen LogP contribution in [0, 0.1) is 0 Å². The first-order valence-corrected chi connectivity index (χ1v) is 6.10. The van der Waals surface area contributed by atoms with Crippen molar-refractivity contribution in [2.24, 2.45) is 0 Å². The van der Waals surface area contributed by atoms with Crippen LogP contribution in [0.3, 0.4) is 0 Å². The molecule has 0 aliphatic rings. The molecule has 88 valence electrons. The van der Waals surface area contributed by atoms with Crippen LogP contribution >= 0.6 is 22.9 Å². The highest BCUT2D eigenvalue weighted by Crippen LogP contribution is 2.15. The Bertz CT molecular complexity index is 500. The van der Waals surface area contributed by atoms with Gasteiger partial charge in [0.2, 0.25) is 0 Å². The van der Waals surface area contributed by atoms with Gasteiger partial charge in [-0.25, -0.2) is 15.0 Å². The molecular formula is C10H9ClN4OS. The second-order valence-electron chi connectivity index (χ2n) is 3.29. The predicted molar refractivity (Wildman–Crippen MR) is 65.0 cm³/mol. The average Bonchev–Trinajstić information content (AvgIpc) is 2.83. The van der Waals surface area contributed by atoms with E-state index < -0.39 is 0 Å². The quantitative estimate of drug-likeness (QED) is 0.925. The van der Waals surface area contributed by atoms with Crippen molar-refractivity contribution in [1.82, 2.24) is 20.3 Å². The third-order valence-electron chi connectivity index (χ3n) is 2.02. The van der Waals surface area contributed by atoms with Gasteiger partial charge in [0.15, 0.2) is 0 Å². The number of aromatic nitrogens is 3. The summed E-state index contributed by atoms with van der Waals surface area (Å²) in [5, 5.41) is 5.75. The number of rotatable bonds is 3. The van der Waals surface area contributed by atoms with Gasteiger partial charge in [-0.2, -0.15) is 0 Å². The van der Waals surface area contributed by atoms with E-state index in [1.807, 2.05) is 12.3 Å². The molecule has 0 saturated heterocycles. The van der Waals surface area contributed by atoms with Gasteiger partial charge in [-0.1, -0.05) is 11.6 Å². The molecule has 0 aliphatic carbocycles. The minimum Gasteiger partial charge on any atom is -0.342 e. The number of nitrogens with zero attached hydrogens (tertiary/aromatic N) is 3. The lowest BCUT2D eigenvalue weighted by atomic mass is 10.3. The van der Waals surface area contributed by atoms with E-state index in [2.05, 4.69) is 20.3 Å². The van der Waals surface area contributed by atoms with Crippen LogP contribution in [0.4, 0.5) is 0 Å². The van der Waals surface area contributed by atoms with Gasteiger partial charge < -0.3 is 5.32 Å². The molecule has 0 aromatic carbocycles. The molecule has 0 radical (unpaired) electrons. The van der Waals surface area contributed by atoms with Crippen molar-refractivity contribution in [2.45, 2.75) is 13.0 Å². The molecule has 0 saturated carbocycles. The lowest BCUT2D eigenvalue weighted by molar-refractivity contribution is 0.0934. The maximum Gasteiger partial charge on any atom is 0.272 e. The zero-order valence-corrected chi connectivity index (χ0v) is 10.5. The SMILES string of the molecule is CC(NC(=O)c1cnc(Cl)cn1)c1nccs1. The second-order valence-corrected chi connectivity index (χ2v) is 4.60. The van der Waals surface area contributed by atoms with Crippen molar-refractivity contribution >= 4 is 28.8 Å². The fourth-order valence-electron chi connectivity index (χ4n) is 1.21. The number of carbonyl (C=O) groups excluding carboxylic acids is 1. The van der Waals surface area contributed by atoms with Crippen LogP contribution in [0.5, 0.6) is 0 Å². The van der Waals surface area contributed by atoms with Gasteiger partial charge >= 0.3 is 0 Å². The third kappa shape index (κ3) is 2.98. The molecule has 1 N–H and O–H groups in total. The molecule has 1 amide bonds. The average molecular weight is 269 g/mol. The van der Waals surface area contributed by atoms with Gasteiger partial charge in [-0.05, 0) is 6.92 Å². The van der Waals surface area contributed by atoms with Gasteiger partial charge in [-0.15, -0.1) is 11.3 Å². The normalized spacial score (nSPS) is 12.1. The Kier molecular flexibility index (Phi) is 3.65. The van der Waals surface area contributed by atoms with Crippen molar-refractivity contribution in [3.63, 3.8) is 0 Å². The molecule has 0 fully saturated rings. The zero-order chi connectivity index (χ0) is 12.3. The Morgan fingerprint density at radius 3 is 2.82 bits per heavy atom. The summed E-state index contributed by atoms with van der Waals surface area (Å²) in [4.78, 5) is 23.6. The Morgan fingerprint density at radius 1 is 1.41 bits per heavy atom. The Labute approximate surface area is 107 Å². The number of halogens is 1. The fourth-order valence-corrected chi connectivity index (χ4v) is 1.95. The first kappa shape index (κ1) is 11.9. The van der Waals surface area contributed by atoms with Crippen molar-refractivity contribution in [3.05, 3.63) is 39.8 Å². The standard InChI is InChI=1S/C10H9ClN4OS/c1-6(10-12-2-3-17-10)15-9(16)7-4-14-8(11)5-13-7/h2-6H,1H3,(H,15,16). The summed E-state index contributed by atoms with van der Waals surface area (Å²) in [6, 6.07) is -0.153. The molecule has 2 heterocycles. The molecule has 1 atom stereocenters. The summed E-state index contributed by atoms with van der Waals surface area (Å²) in [7, 11) is 0. The lowest BCUT2D eigenvalue weighted by Crippen LogP contribution is -2.27. The Morgan fingerprint density at radius 2 is 2.24 bits per heavy atom. The summed E-state index contributed by atoms with van der Waals surface area (Å²) in [5.41, 5.74) is 0.234. The van der Waals surface area contributed by atoms with Crippen LogP contribution in [0.2, 0.25) is 5.15 Å². The zero-order valence-electron chi connectivity index (χ0n) is 8.92. The molecule has 2 aromatic heterocycles. The van der Waals surface area contributed by atoms with Gasteiger partial charge in [0, 0.05) is 11.6 Å². The monoisotopic (exact) mass is 268 g/mol. The van der Waals surface area contributed by atoms with E-state index in [-0.39, 0.29) is 22.8 Å². The summed E-state index contributed by atoms with van der Waals surface area (Å²) in [6.45, 7) is 1.86. The molecule has 2 rings (SSSR count). The van der Waals surface area contributed by atoms with Crippen LogP contribution in [-0.2, 0) is 0 Å². The first-order chi connectivity index (χ1) is 8.16. The Hall–Kier alpha value is -1.53. The Balaban J connectivity index is 2.04. The highest BCUT2D eigenvalue weighted by atomic mass is 35.5. The van der Waals surface area contributed by atoms with Crippen LogP contribution in [-0.4, -0.2) is 20.9 Å². The smallest absolute Gasteiger partial charge is 0.272 e. The first-order valence-electron chi connectivity index (χ1n) is 4.84. The van der Waals surface area contributed by atoms with Crippen molar-refractivity contribution in [3.8, 4) is 0 Å². The molecule has 0 spiro atoms. The number of amides is 1. The van der Waals surface area contributed by atoms with E-state index in [0.717, 1.165) is 5.01 Å². The molecule has 0 aliphatic heterocycles. The summed E-state index contributed by atoms with van der Waals surface area (Å²) in [5.74, 6) is -0.295. The van der Waals surface area contributed by atoms with Gasteiger partial charge in [0.1, 0.15) is 15.9 Å². The van der Waals surface area contributed by atoms with Gasteiger partial charge in [-0.3, -0.25) is 4.79 Å². The van der Waals surface area contributed by atoms with E-state index in [0.29, 0.717) is 0 Å².